The fourth-order valence-corrected chi connectivity index (χ4v) is 2.86. The molecule has 1 heterocycles. The number of ether oxygens (including phenoxy) is 6. The standard InChI is InChI=1S/C21H36N6O12/c1-34-10-4-22-16(28)37-13-7-25-19(31)26(8-14-38-17(29)23-5-11-35-2)21(33)27(20(25)32)9-15-39-18(30)24-6-12-36-3/h4-15H2,1-3H3,(H,22,28)(H,23,29)(H,24,30). The van der Waals surface area contributed by atoms with E-state index in [0.29, 0.717) is 13.7 Å². The molecule has 3 amide bonds. The van der Waals surface area contributed by atoms with Gasteiger partial charge in [0.05, 0.1) is 39.5 Å². The molecule has 0 atom stereocenters. The Balaban J connectivity index is 3.00. The molecule has 18 heteroatoms. The Bertz CT molecular complexity index is 919. The number of carbonyl (C=O) groups excluding carboxylic acids is 3. The van der Waals surface area contributed by atoms with Gasteiger partial charge in [-0.1, -0.05) is 0 Å². The molecule has 3 N–H and O–H groups in total. The fraction of sp³-hybridized carbons (Fsp3) is 0.714. The lowest BCUT2D eigenvalue weighted by Gasteiger charge is -2.15. The maximum Gasteiger partial charge on any atom is 0.407 e. The van der Waals surface area contributed by atoms with Gasteiger partial charge in [-0.05, 0) is 0 Å². The van der Waals surface area contributed by atoms with Crippen molar-refractivity contribution in [1.82, 2.24) is 29.7 Å². The number of carbonyl (C=O) groups is 3. The zero-order chi connectivity index (χ0) is 29.0. The van der Waals surface area contributed by atoms with Crippen LogP contribution in [0.4, 0.5) is 14.4 Å². The predicted octanol–water partition coefficient (Wildman–Crippen LogP) is -2.71. The summed E-state index contributed by atoms with van der Waals surface area (Å²) in [7, 11) is 4.37. The Kier molecular flexibility index (Phi) is 16.3. The lowest BCUT2D eigenvalue weighted by molar-refractivity contribution is 0.129. The molecule has 0 aliphatic heterocycles. The minimum absolute atomic E-state index is 0.186. The van der Waals surface area contributed by atoms with Crippen molar-refractivity contribution in [2.75, 3.05) is 80.6 Å². The molecule has 0 bridgehead atoms. The van der Waals surface area contributed by atoms with E-state index in [-0.39, 0.29) is 78.9 Å². The normalized spacial score (nSPS) is 10.5. The van der Waals surface area contributed by atoms with Crippen molar-refractivity contribution < 1.29 is 42.8 Å². The van der Waals surface area contributed by atoms with Crippen molar-refractivity contribution in [3.63, 3.8) is 0 Å². The van der Waals surface area contributed by atoms with Crippen molar-refractivity contribution in [2.24, 2.45) is 0 Å². The molecule has 0 radical (unpaired) electrons. The molecule has 0 saturated carbocycles. The Hall–Kier alpha value is -3.90. The van der Waals surface area contributed by atoms with E-state index >= 15 is 0 Å². The Morgan fingerprint density at radius 2 is 0.769 bits per heavy atom. The van der Waals surface area contributed by atoms with Crippen LogP contribution in [0, 0.1) is 0 Å². The van der Waals surface area contributed by atoms with Crippen LogP contribution in [0.1, 0.15) is 0 Å². The topological polar surface area (TPSA) is 209 Å². The van der Waals surface area contributed by atoms with Crippen molar-refractivity contribution >= 4 is 18.3 Å². The van der Waals surface area contributed by atoms with Gasteiger partial charge in [0.25, 0.3) is 0 Å². The highest BCUT2D eigenvalue weighted by atomic mass is 16.6. The van der Waals surface area contributed by atoms with Gasteiger partial charge in [-0.15, -0.1) is 0 Å². The molecular formula is C21H36N6O12. The van der Waals surface area contributed by atoms with Gasteiger partial charge in [-0.2, -0.15) is 0 Å². The first-order chi connectivity index (χ1) is 18.8. The molecule has 1 rings (SSSR count). The van der Waals surface area contributed by atoms with Gasteiger partial charge in [-0.25, -0.2) is 42.5 Å². The van der Waals surface area contributed by atoms with E-state index in [1.54, 1.807) is 0 Å². The third-order valence-corrected chi connectivity index (χ3v) is 4.76. The first kappa shape index (κ1) is 33.1. The second-order valence-corrected chi connectivity index (χ2v) is 7.47. The van der Waals surface area contributed by atoms with Gasteiger partial charge in [0.15, 0.2) is 0 Å². The van der Waals surface area contributed by atoms with Crippen molar-refractivity contribution in [2.45, 2.75) is 19.6 Å². The van der Waals surface area contributed by atoms with Crippen LogP contribution in [0.25, 0.3) is 0 Å². The van der Waals surface area contributed by atoms with E-state index in [2.05, 4.69) is 16.0 Å². The van der Waals surface area contributed by atoms with E-state index in [1.807, 2.05) is 0 Å². The highest BCUT2D eigenvalue weighted by molar-refractivity contribution is 5.67. The minimum atomic E-state index is -1.01. The summed E-state index contributed by atoms with van der Waals surface area (Å²) in [5.74, 6) is 0. The van der Waals surface area contributed by atoms with Crippen LogP contribution in [0.15, 0.2) is 14.4 Å². The molecule has 0 aromatic carbocycles. The van der Waals surface area contributed by atoms with Gasteiger partial charge < -0.3 is 44.4 Å². The molecule has 0 fully saturated rings. The van der Waals surface area contributed by atoms with Gasteiger partial charge >= 0.3 is 35.3 Å². The van der Waals surface area contributed by atoms with Crippen molar-refractivity contribution in [3.05, 3.63) is 31.5 Å². The lowest BCUT2D eigenvalue weighted by Crippen LogP contribution is -2.55. The van der Waals surface area contributed by atoms with Gasteiger partial charge in [0.1, 0.15) is 19.8 Å². The van der Waals surface area contributed by atoms with E-state index in [9.17, 15) is 28.8 Å². The minimum Gasteiger partial charge on any atom is -0.448 e. The summed E-state index contributed by atoms with van der Waals surface area (Å²) >= 11 is 0. The predicted molar refractivity (Wildman–Crippen MR) is 133 cm³/mol. The summed E-state index contributed by atoms with van der Waals surface area (Å²) in [6.07, 6.45) is -2.39. The summed E-state index contributed by atoms with van der Waals surface area (Å²) in [6, 6.07) is 0. The van der Waals surface area contributed by atoms with E-state index in [0.717, 1.165) is 0 Å². The molecule has 0 spiro atoms. The maximum atomic E-state index is 12.9. The average molecular weight is 565 g/mol. The Labute approximate surface area is 223 Å². The van der Waals surface area contributed by atoms with Gasteiger partial charge in [-0.3, -0.25) is 0 Å². The summed E-state index contributed by atoms with van der Waals surface area (Å²) < 4.78 is 31.3. The van der Waals surface area contributed by atoms with Crippen LogP contribution in [0.5, 0.6) is 0 Å². The van der Waals surface area contributed by atoms with Crippen LogP contribution >= 0.6 is 0 Å². The number of hydrogen-bond acceptors (Lipinski definition) is 12. The number of alkyl carbamates (subject to hydrolysis) is 3. The number of amides is 3. The quantitative estimate of drug-likeness (QED) is 0.123. The van der Waals surface area contributed by atoms with Crippen LogP contribution < -0.4 is 33.0 Å². The van der Waals surface area contributed by atoms with Gasteiger partial charge in [0.2, 0.25) is 0 Å². The molecule has 0 unspecified atom stereocenters. The SMILES string of the molecule is COCCNC(=O)OCCn1c(=O)n(CCOC(=O)NCCOC)c(=O)n(CCOC(=O)NCCOC)c1=O. The molecule has 1 aromatic rings. The molecular weight excluding hydrogens is 528 g/mol. The van der Waals surface area contributed by atoms with E-state index < -0.39 is 35.3 Å². The van der Waals surface area contributed by atoms with Crippen molar-refractivity contribution in [1.29, 1.82) is 0 Å². The smallest absolute Gasteiger partial charge is 0.407 e. The lowest BCUT2D eigenvalue weighted by atomic mass is 10.5. The number of nitrogens with one attached hydrogen (secondary N) is 3. The maximum absolute atomic E-state index is 12.9. The first-order valence-corrected chi connectivity index (χ1v) is 11.9. The van der Waals surface area contributed by atoms with E-state index in [4.69, 9.17) is 28.4 Å². The number of hydrogen-bond donors (Lipinski definition) is 3. The fourth-order valence-electron chi connectivity index (χ4n) is 2.86. The third-order valence-electron chi connectivity index (χ3n) is 4.76. The molecule has 0 aliphatic carbocycles. The zero-order valence-electron chi connectivity index (χ0n) is 22.2. The highest BCUT2D eigenvalue weighted by Crippen LogP contribution is 1.86. The van der Waals surface area contributed by atoms with Crippen LogP contribution in [-0.2, 0) is 48.1 Å². The number of nitrogens with zero attached hydrogens (tertiary/aromatic N) is 3. The molecule has 0 saturated heterocycles. The monoisotopic (exact) mass is 564 g/mol. The summed E-state index contributed by atoms with van der Waals surface area (Å²) in [5.41, 5.74) is -3.02. The molecule has 0 aliphatic rings. The van der Waals surface area contributed by atoms with E-state index in [1.165, 1.54) is 21.3 Å². The molecule has 18 nitrogen and oxygen atoms in total. The Morgan fingerprint density at radius 3 is 1.00 bits per heavy atom. The second-order valence-electron chi connectivity index (χ2n) is 7.47. The highest BCUT2D eigenvalue weighted by Gasteiger charge is 2.17. The summed E-state index contributed by atoms with van der Waals surface area (Å²) in [6.45, 7) is -0.948. The number of aromatic nitrogens is 3. The Morgan fingerprint density at radius 1 is 0.513 bits per heavy atom. The molecule has 1 aromatic heterocycles. The van der Waals surface area contributed by atoms with Gasteiger partial charge in [0, 0.05) is 41.0 Å². The van der Waals surface area contributed by atoms with Crippen LogP contribution in [-0.4, -0.2) is 113 Å². The van der Waals surface area contributed by atoms with Crippen LogP contribution in [0.3, 0.4) is 0 Å². The largest absolute Gasteiger partial charge is 0.448 e. The molecule has 222 valence electrons. The second kappa shape index (κ2) is 19.2. The average Bonchev–Trinajstić information content (AvgIpc) is 2.90. The number of rotatable bonds is 18. The number of methoxy groups -OCH3 is 3. The summed E-state index contributed by atoms with van der Waals surface area (Å²) in [5, 5.41) is 7.22. The van der Waals surface area contributed by atoms with Crippen molar-refractivity contribution in [3.8, 4) is 0 Å². The zero-order valence-corrected chi connectivity index (χ0v) is 22.2. The summed E-state index contributed by atoms with van der Waals surface area (Å²) in [4.78, 5) is 74.0. The van der Waals surface area contributed by atoms with Crippen LogP contribution in [0.2, 0.25) is 0 Å². The first-order valence-electron chi connectivity index (χ1n) is 11.9. The third kappa shape index (κ3) is 12.5. The molecule has 39 heavy (non-hydrogen) atoms.